The van der Waals surface area contributed by atoms with E-state index in [1.54, 1.807) is 14.1 Å². The molecule has 0 aromatic carbocycles. The molecule has 2 amide bonds. The summed E-state index contributed by atoms with van der Waals surface area (Å²) in [6.45, 7) is 12.8. The zero-order valence-electron chi connectivity index (χ0n) is 16.1. The largest absolute Gasteiger partial charge is 0.358 e. The Morgan fingerprint density at radius 2 is 1.74 bits per heavy atom. The number of hydroxylamine groups is 2. The summed E-state index contributed by atoms with van der Waals surface area (Å²) in [6.07, 6.45) is 1.51. The number of amides is 2. The van der Waals surface area contributed by atoms with E-state index in [1.807, 2.05) is 27.7 Å². The van der Waals surface area contributed by atoms with Crippen molar-refractivity contribution < 1.29 is 14.4 Å². The normalized spacial score (nSPS) is 12.6. The summed E-state index contributed by atoms with van der Waals surface area (Å²) in [5.41, 5.74) is -0.749. The van der Waals surface area contributed by atoms with Gasteiger partial charge >= 0.3 is 0 Å². The number of nitrogens with zero attached hydrogens (tertiary/aromatic N) is 1. The van der Waals surface area contributed by atoms with Crippen LogP contribution in [0.4, 0.5) is 0 Å². The van der Waals surface area contributed by atoms with Gasteiger partial charge in [0.25, 0.3) is 0 Å². The molecular weight excluding hydrogens is 294 g/mol. The third-order valence-electron chi connectivity index (χ3n) is 3.67. The quantitative estimate of drug-likeness (QED) is 0.601. The molecule has 136 valence electrons. The fourth-order valence-electron chi connectivity index (χ4n) is 2.44. The first kappa shape index (κ1) is 21.9. The third kappa shape index (κ3) is 9.56. The Labute approximate surface area is 141 Å². The van der Waals surface area contributed by atoms with Crippen molar-refractivity contribution in [3.8, 4) is 0 Å². The number of carbonyl (C=O) groups excluding carboxylic acids is 2. The molecule has 23 heavy (non-hydrogen) atoms. The second-order valence-corrected chi connectivity index (χ2v) is 7.86. The van der Waals surface area contributed by atoms with E-state index in [2.05, 4.69) is 24.5 Å². The van der Waals surface area contributed by atoms with E-state index in [-0.39, 0.29) is 29.3 Å². The minimum atomic E-state index is -0.387. The minimum absolute atomic E-state index is 0.0647. The number of likely N-dealkylation sites (N-methyl/N-ethyl adjacent to an activating group) is 2. The molecule has 6 heteroatoms. The van der Waals surface area contributed by atoms with Crippen molar-refractivity contribution >= 4 is 11.8 Å². The number of nitrogens with one attached hydrogen (secondary N) is 2. The van der Waals surface area contributed by atoms with Crippen molar-refractivity contribution in [2.45, 2.75) is 59.9 Å². The highest BCUT2D eigenvalue weighted by Crippen LogP contribution is 2.26. The van der Waals surface area contributed by atoms with Crippen LogP contribution < -0.4 is 10.6 Å². The highest BCUT2D eigenvalue weighted by molar-refractivity contribution is 5.82. The number of carbonyl (C=O) groups is 2. The lowest BCUT2D eigenvalue weighted by Gasteiger charge is -2.33. The standard InChI is InChI=1S/C17H35N3O3/c1-13(2)11-16(3,4)15(22)19-17(5,6)9-10-23-20(8)12-14(21)18-7/h13H,9-12H2,1-8H3,(H,18,21)(H,19,22). The van der Waals surface area contributed by atoms with E-state index in [1.165, 1.54) is 5.06 Å². The molecule has 0 saturated heterocycles. The lowest BCUT2D eigenvalue weighted by molar-refractivity contribution is -0.157. The van der Waals surface area contributed by atoms with Crippen molar-refractivity contribution in [2.24, 2.45) is 11.3 Å². The van der Waals surface area contributed by atoms with Gasteiger partial charge in [0.1, 0.15) is 6.54 Å². The minimum Gasteiger partial charge on any atom is -0.358 e. The average Bonchev–Trinajstić information content (AvgIpc) is 2.35. The SMILES string of the molecule is CNC(=O)CN(C)OCCC(C)(C)NC(=O)C(C)(C)CC(C)C. The summed E-state index contributed by atoms with van der Waals surface area (Å²) in [4.78, 5) is 29.2. The maximum Gasteiger partial charge on any atom is 0.236 e. The summed E-state index contributed by atoms with van der Waals surface area (Å²) < 4.78 is 0. The molecule has 0 aliphatic carbocycles. The van der Waals surface area contributed by atoms with Crippen LogP contribution in [0.3, 0.4) is 0 Å². The lowest BCUT2D eigenvalue weighted by atomic mass is 9.82. The van der Waals surface area contributed by atoms with Crippen LogP contribution in [0.25, 0.3) is 0 Å². The fourth-order valence-corrected chi connectivity index (χ4v) is 2.44. The number of hydrogen-bond acceptors (Lipinski definition) is 4. The van der Waals surface area contributed by atoms with Crippen LogP contribution in [0.15, 0.2) is 0 Å². The van der Waals surface area contributed by atoms with Crippen molar-refractivity contribution in [3.63, 3.8) is 0 Å². The Kier molecular flexibility index (Phi) is 8.77. The lowest BCUT2D eigenvalue weighted by Crippen LogP contribution is -2.50. The summed E-state index contributed by atoms with van der Waals surface area (Å²) in [6, 6.07) is 0. The molecule has 0 unspecified atom stereocenters. The monoisotopic (exact) mass is 329 g/mol. The molecule has 0 atom stereocenters. The van der Waals surface area contributed by atoms with Crippen LogP contribution in [-0.4, -0.2) is 49.7 Å². The van der Waals surface area contributed by atoms with E-state index in [0.29, 0.717) is 18.9 Å². The van der Waals surface area contributed by atoms with Crippen molar-refractivity contribution in [3.05, 3.63) is 0 Å². The van der Waals surface area contributed by atoms with Gasteiger partial charge < -0.3 is 10.6 Å². The van der Waals surface area contributed by atoms with Crippen LogP contribution in [0.1, 0.15) is 54.4 Å². The van der Waals surface area contributed by atoms with E-state index in [0.717, 1.165) is 6.42 Å². The molecule has 0 heterocycles. The average molecular weight is 329 g/mol. The molecule has 0 aliphatic heterocycles. The van der Waals surface area contributed by atoms with Gasteiger partial charge in [0, 0.05) is 25.0 Å². The molecule has 0 aliphatic rings. The van der Waals surface area contributed by atoms with Gasteiger partial charge in [-0.05, 0) is 32.6 Å². The summed E-state index contributed by atoms with van der Waals surface area (Å²) in [7, 11) is 3.31. The first-order chi connectivity index (χ1) is 10.4. The highest BCUT2D eigenvalue weighted by atomic mass is 16.7. The molecule has 0 aromatic rings. The maximum absolute atomic E-state index is 12.5. The van der Waals surface area contributed by atoms with Crippen molar-refractivity contribution in [1.82, 2.24) is 15.7 Å². The van der Waals surface area contributed by atoms with E-state index in [4.69, 9.17) is 4.84 Å². The van der Waals surface area contributed by atoms with E-state index >= 15 is 0 Å². The molecule has 2 N–H and O–H groups in total. The van der Waals surface area contributed by atoms with Crippen LogP contribution in [0.2, 0.25) is 0 Å². The van der Waals surface area contributed by atoms with Gasteiger partial charge in [0.15, 0.2) is 0 Å². The number of rotatable bonds is 10. The van der Waals surface area contributed by atoms with Crippen LogP contribution in [0.5, 0.6) is 0 Å². The number of hydrogen-bond donors (Lipinski definition) is 2. The first-order valence-corrected chi connectivity index (χ1v) is 8.27. The zero-order chi connectivity index (χ0) is 18.3. The summed E-state index contributed by atoms with van der Waals surface area (Å²) >= 11 is 0. The second kappa shape index (κ2) is 9.23. The highest BCUT2D eigenvalue weighted by Gasteiger charge is 2.32. The Morgan fingerprint density at radius 1 is 1.17 bits per heavy atom. The predicted octanol–water partition coefficient (Wildman–Crippen LogP) is 1.95. The Balaban J connectivity index is 4.32. The Morgan fingerprint density at radius 3 is 2.22 bits per heavy atom. The molecule has 0 rings (SSSR count). The summed E-state index contributed by atoms with van der Waals surface area (Å²) in [5, 5.41) is 7.15. The summed E-state index contributed by atoms with van der Waals surface area (Å²) in [5.74, 6) is 0.436. The van der Waals surface area contributed by atoms with Gasteiger partial charge in [-0.3, -0.25) is 14.4 Å². The maximum atomic E-state index is 12.5. The molecule has 0 spiro atoms. The Bertz CT molecular complexity index is 393. The molecular formula is C17H35N3O3. The van der Waals surface area contributed by atoms with Crippen LogP contribution in [0, 0.1) is 11.3 Å². The predicted molar refractivity (Wildman–Crippen MR) is 92.7 cm³/mol. The van der Waals surface area contributed by atoms with Crippen LogP contribution in [-0.2, 0) is 14.4 Å². The molecule has 0 saturated carbocycles. The molecule has 0 radical (unpaired) electrons. The van der Waals surface area contributed by atoms with Crippen LogP contribution >= 0.6 is 0 Å². The first-order valence-electron chi connectivity index (χ1n) is 8.27. The molecule has 0 bridgehead atoms. The van der Waals surface area contributed by atoms with Gasteiger partial charge in [-0.15, -0.1) is 0 Å². The van der Waals surface area contributed by atoms with Gasteiger partial charge in [0.05, 0.1) is 6.61 Å². The fraction of sp³-hybridized carbons (Fsp3) is 0.882. The third-order valence-corrected chi connectivity index (χ3v) is 3.67. The zero-order valence-corrected chi connectivity index (χ0v) is 16.1. The van der Waals surface area contributed by atoms with Gasteiger partial charge in [-0.25, -0.2) is 0 Å². The van der Waals surface area contributed by atoms with E-state index in [9.17, 15) is 9.59 Å². The second-order valence-electron chi connectivity index (χ2n) is 7.86. The molecule has 6 nitrogen and oxygen atoms in total. The Hall–Kier alpha value is -1.14. The van der Waals surface area contributed by atoms with Gasteiger partial charge in [-0.2, -0.15) is 5.06 Å². The van der Waals surface area contributed by atoms with Crippen molar-refractivity contribution in [2.75, 3.05) is 27.2 Å². The van der Waals surface area contributed by atoms with E-state index < -0.39 is 0 Å². The van der Waals surface area contributed by atoms with Gasteiger partial charge in [-0.1, -0.05) is 27.7 Å². The van der Waals surface area contributed by atoms with Gasteiger partial charge in [0.2, 0.25) is 11.8 Å². The van der Waals surface area contributed by atoms with Crippen molar-refractivity contribution in [1.29, 1.82) is 0 Å². The topological polar surface area (TPSA) is 70.7 Å². The molecule has 0 aromatic heterocycles. The molecule has 0 fully saturated rings. The smallest absolute Gasteiger partial charge is 0.236 e.